The van der Waals surface area contributed by atoms with Crippen molar-refractivity contribution < 1.29 is 4.74 Å². The average Bonchev–Trinajstić information content (AvgIpc) is 2.12. The van der Waals surface area contributed by atoms with E-state index in [-0.39, 0.29) is 12.0 Å². The van der Waals surface area contributed by atoms with E-state index in [2.05, 4.69) is 42.3 Å². The third kappa shape index (κ3) is 1.57. The van der Waals surface area contributed by atoms with Crippen molar-refractivity contribution >= 4 is 5.90 Å². The largest absolute Gasteiger partial charge is 0.484 e. The number of methoxy groups -OCH3 is 1. The summed E-state index contributed by atoms with van der Waals surface area (Å²) >= 11 is 0. The molecule has 0 saturated carbocycles. The van der Waals surface area contributed by atoms with Gasteiger partial charge in [-0.2, -0.15) is 0 Å². The number of dihydropyridines is 1. The maximum Gasteiger partial charge on any atom is 0.194 e. The first-order valence-electron chi connectivity index (χ1n) is 4.46. The third-order valence-corrected chi connectivity index (χ3v) is 2.28. The number of hydrogen-bond acceptors (Lipinski definition) is 2. The van der Waals surface area contributed by atoms with E-state index in [1.807, 2.05) is 0 Å². The van der Waals surface area contributed by atoms with Gasteiger partial charge in [0.2, 0.25) is 0 Å². The summed E-state index contributed by atoms with van der Waals surface area (Å²) in [5, 5.41) is 0. The molecule has 0 unspecified atom stereocenters. The Hall–Kier alpha value is -1.31. The van der Waals surface area contributed by atoms with Gasteiger partial charge >= 0.3 is 0 Å². The topological polar surface area (TPSA) is 21.6 Å². The molecule has 13 heavy (non-hydrogen) atoms. The Morgan fingerprint density at radius 3 is 2.92 bits per heavy atom. The van der Waals surface area contributed by atoms with E-state index < -0.39 is 0 Å². The first-order chi connectivity index (χ1) is 6.29. The smallest absolute Gasteiger partial charge is 0.194 e. The molecule has 0 spiro atoms. The molecule has 2 atom stereocenters. The first-order valence-corrected chi connectivity index (χ1v) is 4.46. The van der Waals surface area contributed by atoms with Crippen LogP contribution in [0.15, 0.2) is 40.9 Å². The zero-order valence-corrected chi connectivity index (χ0v) is 7.90. The Kier molecular flexibility index (Phi) is 2.05. The molecule has 2 heterocycles. The minimum absolute atomic E-state index is 0.162. The zero-order valence-electron chi connectivity index (χ0n) is 7.90. The number of ether oxygens (including phenoxy) is 1. The second-order valence-electron chi connectivity index (χ2n) is 3.34. The summed E-state index contributed by atoms with van der Waals surface area (Å²) in [6.07, 6.45) is 10.6. The summed E-state index contributed by atoms with van der Waals surface area (Å²) in [4.78, 5) is 4.43. The van der Waals surface area contributed by atoms with Crippen LogP contribution in [0.25, 0.3) is 0 Å². The molecule has 2 nitrogen and oxygen atoms in total. The van der Waals surface area contributed by atoms with Gasteiger partial charge < -0.3 is 4.74 Å². The summed E-state index contributed by atoms with van der Waals surface area (Å²) in [5.41, 5.74) is 1.27. The highest BCUT2D eigenvalue weighted by Crippen LogP contribution is 2.20. The van der Waals surface area contributed by atoms with Gasteiger partial charge in [0.05, 0.1) is 19.1 Å². The molecule has 2 aliphatic heterocycles. The van der Waals surface area contributed by atoms with E-state index >= 15 is 0 Å². The van der Waals surface area contributed by atoms with Crippen LogP contribution in [0.1, 0.15) is 6.92 Å². The lowest BCUT2D eigenvalue weighted by Crippen LogP contribution is -2.21. The van der Waals surface area contributed by atoms with Crippen LogP contribution in [0.5, 0.6) is 0 Å². The van der Waals surface area contributed by atoms with Crippen molar-refractivity contribution in [1.29, 1.82) is 0 Å². The molecule has 3 rings (SSSR count). The summed E-state index contributed by atoms with van der Waals surface area (Å²) in [5.74, 6) is 1.04. The lowest BCUT2D eigenvalue weighted by atomic mass is 9.98. The highest BCUT2D eigenvalue weighted by molar-refractivity contribution is 5.84. The highest BCUT2D eigenvalue weighted by atomic mass is 16.5. The number of fused-ring (bicyclic) bond motifs is 1. The molecule has 0 N–H and O–H groups in total. The van der Waals surface area contributed by atoms with Crippen LogP contribution in [0.2, 0.25) is 0 Å². The molecule has 0 saturated heterocycles. The molecule has 0 aromatic heterocycles. The van der Waals surface area contributed by atoms with E-state index in [1.165, 1.54) is 5.57 Å². The van der Waals surface area contributed by atoms with Crippen LogP contribution in [0.4, 0.5) is 0 Å². The second-order valence-corrected chi connectivity index (χ2v) is 3.34. The number of hydrogen-bond donors (Lipinski definition) is 0. The lowest BCUT2D eigenvalue weighted by molar-refractivity contribution is 0.380. The molecule has 0 aromatic carbocycles. The van der Waals surface area contributed by atoms with Gasteiger partial charge in [-0.1, -0.05) is 36.0 Å². The minimum atomic E-state index is 0.162. The minimum Gasteiger partial charge on any atom is -0.484 e. The number of allylic oxidation sites excluding steroid dienone is 2. The first kappa shape index (κ1) is 8.30. The second kappa shape index (κ2) is 3.21. The third-order valence-electron chi connectivity index (χ3n) is 2.28. The Bertz CT molecular complexity index is 323. The molecule has 0 aromatic rings. The van der Waals surface area contributed by atoms with Gasteiger partial charge in [0.1, 0.15) is 0 Å². The van der Waals surface area contributed by atoms with Crippen LogP contribution in [0.3, 0.4) is 0 Å². The molecule has 68 valence electrons. The Morgan fingerprint density at radius 2 is 2.15 bits per heavy atom. The van der Waals surface area contributed by atoms with E-state index in [4.69, 9.17) is 4.74 Å². The van der Waals surface area contributed by atoms with Gasteiger partial charge in [-0.15, -0.1) is 0 Å². The Labute approximate surface area is 78.3 Å². The van der Waals surface area contributed by atoms with E-state index in [1.54, 1.807) is 7.11 Å². The number of nitrogens with zero attached hydrogens (tertiary/aromatic N) is 1. The molecule has 2 heteroatoms. The highest BCUT2D eigenvalue weighted by Gasteiger charge is 2.18. The van der Waals surface area contributed by atoms with Crippen LogP contribution < -0.4 is 0 Å². The summed E-state index contributed by atoms with van der Waals surface area (Å²) < 4.78 is 5.23. The zero-order chi connectivity index (χ0) is 9.26. The average molecular weight is 175 g/mol. The lowest BCUT2D eigenvalue weighted by Gasteiger charge is -2.20. The van der Waals surface area contributed by atoms with Gasteiger partial charge in [0.25, 0.3) is 0 Å². The molecular formula is C11H13NO. The summed E-state index contributed by atoms with van der Waals surface area (Å²) in [7, 11) is 1.68. The van der Waals surface area contributed by atoms with Crippen molar-refractivity contribution in [2.75, 3.05) is 7.11 Å². The van der Waals surface area contributed by atoms with Crippen molar-refractivity contribution in [2.45, 2.75) is 13.0 Å². The number of rotatable bonds is 0. The van der Waals surface area contributed by atoms with Gasteiger partial charge in [-0.05, 0) is 6.92 Å². The fraction of sp³-hybridized carbons (Fsp3) is 0.364. The summed E-state index contributed by atoms with van der Waals surface area (Å²) in [6, 6.07) is 0.162. The SMILES string of the molecule is COC1=N[C@@H]2C=CC(C)=C[C@H]1C=C2. The maximum absolute atomic E-state index is 5.23. The predicted molar refractivity (Wildman–Crippen MR) is 53.8 cm³/mol. The summed E-state index contributed by atoms with van der Waals surface area (Å²) in [6.45, 7) is 2.10. The monoisotopic (exact) mass is 175 g/mol. The van der Waals surface area contributed by atoms with E-state index in [9.17, 15) is 0 Å². The van der Waals surface area contributed by atoms with Crippen molar-refractivity contribution in [3.05, 3.63) is 36.0 Å². The maximum atomic E-state index is 5.23. The van der Waals surface area contributed by atoms with Crippen LogP contribution in [0, 0.1) is 5.92 Å². The molecule has 0 fully saturated rings. The fourth-order valence-electron chi connectivity index (χ4n) is 1.60. The van der Waals surface area contributed by atoms with Gasteiger partial charge in [-0.3, -0.25) is 0 Å². The van der Waals surface area contributed by atoms with Gasteiger partial charge in [0.15, 0.2) is 5.90 Å². The Morgan fingerprint density at radius 1 is 1.31 bits per heavy atom. The molecule has 3 aliphatic rings. The fourth-order valence-corrected chi connectivity index (χ4v) is 1.60. The standard InChI is InChI=1S/C11H13NO/c1-8-3-5-10-6-4-9(7-8)11(12-10)13-2/h3-7,9-10H,1-2H3/t9-,10-/m1/s1. The number of aliphatic imine (C=N–C) groups is 1. The molecule has 2 bridgehead atoms. The van der Waals surface area contributed by atoms with Crippen LogP contribution in [-0.2, 0) is 4.74 Å². The van der Waals surface area contributed by atoms with E-state index in [0.717, 1.165) is 5.90 Å². The van der Waals surface area contributed by atoms with E-state index in [0.29, 0.717) is 0 Å². The molecule has 1 aliphatic carbocycles. The Balaban J connectivity index is 2.40. The molecule has 0 amide bonds. The van der Waals surface area contributed by atoms with Gasteiger partial charge in [0, 0.05) is 0 Å². The van der Waals surface area contributed by atoms with Crippen LogP contribution in [-0.4, -0.2) is 19.0 Å². The van der Waals surface area contributed by atoms with Crippen molar-refractivity contribution in [3.8, 4) is 0 Å². The van der Waals surface area contributed by atoms with Gasteiger partial charge in [-0.25, -0.2) is 4.99 Å². The predicted octanol–water partition coefficient (Wildman–Crippen LogP) is 2.10. The normalized spacial score (nSPS) is 30.6. The van der Waals surface area contributed by atoms with Crippen molar-refractivity contribution in [1.82, 2.24) is 0 Å². The molecular weight excluding hydrogens is 162 g/mol. The quantitative estimate of drug-likeness (QED) is 0.517. The van der Waals surface area contributed by atoms with Crippen LogP contribution >= 0.6 is 0 Å². The van der Waals surface area contributed by atoms with Crippen molar-refractivity contribution in [2.24, 2.45) is 10.9 Å². The van der Waals surface area contributed by atoms with Crippen molar-refractivity contribution in [3.63, 3.8) is 0 Å². The molecule has 0 radical (unpaired) electrons.